The number of rotatable bonds is 1. The third-order valence-electron chi connectivity index (χ3n) is 3.19. The van der Waals surface area contributed by atoms with Crippen molar-refractivity contribution in [2.75, 3.05) is 13.2 Å². The standard InChI is InChI=1S/C11H14BNO3.C2H4O2/c1-7-10-6-14-3-2-8-4-9(5-13)16-12(15-7)11(8)10;1-2(3)4/h2-4,7,9H,5-6,13H2,1H3;1H3,(H,3,4). The lowest BCUT2D eigenvalue weighted by Crippen LogP contribution is -2.36. The maximum Gasteiger partial charge on any atom is 0.495 e. The van der Waals surface area contributed by atoms with Gasteiger partial charge in [-0.05, 0) is 35.7 Å². The van der Waals surface area contributed by atoms with Gasteiger partial charge in [0.05, 0.1) is 18.5 Å². The van der Waals surface area contributed by atoms with Gasteiger partial charge in [0.15, 0.2) is 0 Å². The van der Waals surface area contributed by atoms with E-state index in [9.17, 15) is 0 Å². The summed E-state index contributed by atoms with van der Waals surface area (Å²) in [5, 5.41) is 7.42. The summed E-state index contributed by atoms with van der Waals surface area (Å²) in [4.78, 5) is 9.00. The number of carboxylic acids is 1. The van der Waals surface area contributed by atoms with E-state index in [1.807, 2.05) is 19.1 Å². The molecule has 0 bridgehead atoms. The lowest BCUT2D eigenvalue weighted by molar-refractivity contribution is -0.134. The van der Waals surface area contributed by atoms with Crippen LogP contribution in [0.25, 0.3) is 0 Å². The third-order valence-corrected chi connectivity index (χ3v) is 3.19. The average Bonchev–Trinajstić information content (AvgIpc) is 2.58. The van der Waals surface area contributed by atoms with Crippen molar-refractivity contribution in [3.05, 3.63) is 35.0 Å². The Hall–Kier alpha value is -1.57. The van der Waals surface area contributed by atoms with E-state index in [-0.39, 0.29) is 19.3 Å². The highest BCUT2D eigenvalue weighted by molar-refractivity contribution is 6.57. The molecule has 0 aromatic rings. The highest BCUT2D eigenvalue weighted by Gasteiger charge is 2.43. The van der Waals surface area contributed by atoms with Crippen molar-refractivity contribution in [2.24, 2.45) is 5.73 Å². The zero-order chi connectivity index (χ0) is 14.7. The molecule has 0 saturated heterocycles. The molecule has 7 heteroatoms. The normalized spacial score (nSPS) is 26.9. The van der Waals surface area contributed by atoms with Crippen LogP contribution in [0.15, 0.2) is 35.0 Å². The van der Waals surface area contributed by atoms with E-state index in [2.05, 4.69) is 0 Å². The van der Waals surface area contributed by atoms with Crippen LogP contribution in [0, 0.1) is 0 Å². The second-order valence-electron chi connectivity index (χ2n) is 4.71. The van der Waals surface area contributed by atoms with Gasteiger partial charge in [0.25, 0.3) is 5.97 Å². The molecule has 6 nitrogen and oxygen atoms in total. The third kappa shape index (κ3) is 3.12. The summed E-state index contributed by atoms with van der Waals surface area (Å²) in [5.74, 6) is -0.833. The fourth-order valence-corrected chi connectivity index (χ4v) is 2.34. The second kappa shape index (κ2) is 6.26. The minimum absolute atomic E-state index is 0.0554. The highest BCUT2D eigenvalue weighted by atomic mass is 16.6. The van der Waals surface area contributed by atoms with Crippen molar-refractivity contribution in [2.45, 2.75) is 26.1 Å². The van der Waals surface area contributed by atoms with Crippen LogP contribution >= 0.6 is 0 Å². The zero-order valence-corrected chi connectivity index (χ0v) is 11.5. The Morgan fingerprint density at radius 2 is 2.25 bits per heavy atom. The summed E-state index contributed by atoms with van der Waals surface area (Å²) in [6.45, 7) is 4.15. The lowest BCUT2D eigenvalue weighted by atomic mass is 9.70. The number of ether oxygens (including phenoxy) is 1. The second-order valence-corrected chi connectivity index (χ2v) is 4.71. The van der Waals surface area contributed by atoms with Gasteiger partial charge in [-0.25, -0.2) is 0 Å². The maximum atomic E-state index is 9.00. The minimum atomic E-state index is -0.833. The molecule has 0 spiro atoms. The van der Waals surface area contributed by atoms with Crippen molar-refractivity contribution >= 4 is 13.1 Å². The molecular formula is C13H18BNO5. The Kier molecular flexibility index (Phi) is 4.64. The van der Waals surface area contributed by atoms with Crippen LogP contribution in [0.3, 0.4) is 0 Å². The van der Waals surface area contributed by atoms with Gasteiger partial charge < -0.3 is 24.9 Å². The summed E-state index contributed by atoms with van der Waals surface area (Å²) in [6.07, 6.45) is 5.71. The van der Waals surface area contributed by atoms with E-state index in [1.165, 1.54) is 5.57 Å². The van der Waals surface area contributed by atoms with E-state index in [0.29, 0.717) is 13.2 Å². The quantitative estimate of drug-likeness (QED) is 0.685. The molecule has 2 atom stereocenters. The Balaban J connectivity index is 0.000000328. The molecule has 2 unspecified atom stereocenters. The minimum Gasteiger partial charge on any atom is -0.497 e. The summed E-state index contributed by atoms with van der Waals surface area (Å²) >= 11 is 0. The van der Waals surface area contributed by atoms with Gasteiger partial charge in [-0.2, -0.15) is 0 Å². The fourth-order valence-electron chi connectivity index (χ4n) is 2.34. The van der Waals surface area contributed by atoms with Gasteiger partial charge in [-0.3, -0.25) is 4.79 Å². The van der Waals surface area contributed by atoms with Crippen molar-refractivity contribution in [3.8, 4) is 0 Å². The molecule has 108 valence electrons. The van der Waals surface area contributed by atoms with Crippen molar-refractivity contribution in [1.29, 1.82) is 0 Å². The molecule has 0 aromatic carbocycles. The fraction of sp³-hybridized carbons (Fsp3) is 0.462. The lowest BCUT2D eigenvalue weighted by Gasteiger charge is -2.24. The Morgan fingerprint density at radius 1 is 1.55 bits per heavy atom. The Bertz CT molecular complexity index is 481. The molecule has 20 heavy (non-hydrogen) atoms. The molecule has 0 radical (unpaired) electrons. The number of hydrogen-bond donors (Lipinski definition) is 2. The topological polar surface area (TPSA) is 91.0 Å². The first-order chi connectivity index (χ1) is 9.52. The monoisotopic (exact) mass is 279 g/mol. The van der Waals surface area contributed by atoms with Crippen molar-refractivity contribution in [3.63, 3.8) is 0 Å². The zero-order valence-electron chi connectivity index (χ0n) is 11.5. The van der Waals surface area contributed by atoms with Crippen LogP contribution in [-0.4, -0.2) is 43.6 Å². The van der Waals surface area contributed by atoms with E-state index in [0.717, 1.165) is 18.0 Å². The average molecular weight is 279 g/mol. The summed E-state index contributed by atoms with van der Waals surface area (Å²) in [5.41, 5.74) is 9.07. The van der Waals surface area contributed by atoms with Gasteiger partial charge in [0.1, 0.15) is 6.61 Å². The molecule has 0 saturated carbocycles. The van der Waals surface area contributed by atoms with Crippen molar-refractivity contribution < 1.29 is 23.9 Å². The molecule has 3 aliphatic heterocycles. The molecule has 3 aliphatic rings. The van der Waals surface area contributed by atoms with Gasteiger partial charge in [-0.1, -0.05) is 0 Å². The molecule has 0 aromatic heterocycles. The van der Waals surface area contributed by atoms with Gasteiger partial charge in [-0.15, -0.1) is 0 Å². The summed E-state index contributed by atoms with van der Waals surface area (Å²) < 4.78 is 16.9. The first-order valence-electron chi connectivity index (χ1n) is 6.46. The van der Waals surface area contributed by atoms with Crippen LogP contribution in [0.1, 0.15) is 13.8 Å². The molecule has 0 amide bonds. The first kappa shape index (κ1) is 14.8. The Labute approximate surface area is 118 Å². The SMILES string of the molecule is CC(=O)O.CC1OB2OC(CN)C=C3C=COCC1=C23. The molecule has 0 fully saturated rings. The van der Waals surface area contributed by atoms with Gasteiger partial charge in [0.2, 0.25) is 0 Å². The molecule has 3 heterocycles. The number of carboxylic acid groups (broad SMARTS) is 1. The molecular weight excluding hydrogens is 261 g/mol. The van der Waals surface area contributed by atoms with Gasteiger partial charge >= 0.3 is 7.12 Å². The van der Waals surface area contributed by atoms with Crippen LogP contribution < -0.4 is 5.73 Å². The van der Waals surface area contributed by atoms with E-state index in [4.69, 9.17) is 29.7 Å². The Morgan fingerprint density at radius 3 is 2.90 bits per heavy atom. The number of allylic oxidation sites excluding steroid dienone is 3. The first-order valence-corrected chi connectivity index (χ1v) is 6.46. The van der Waals surface area contributed by atoms with Crippen LogP contribution in [0.5, 0.6) is 0 Å². The van der Waals surface area contributed by atoms with E-state index >= 15 is 0 Å². The number of hydrogen-bond acceptors (Lipinski definition) is 5. The van der Waals surface area contributed by atoms with Gasteiger partial charge in [0, 0.05) is 13.5 Å². The van der Waals surface area contributed by atoms with E-state index < -0.39 is 5.97 Å². The predicted molar refractivity (Wildman–Crippen MR) is 73.7 cm³/mol. The van der Waals surface area contributed by atoms with Crippen LogP contribution in [-0.2, 0) is 18.8 Å². The largest absolute Gasteiger partial charge is 0.497 e. The predicted octanol–water partition coefficient (Wildman–Crippen LogP) is 0.648. The highest BCUT2D eigenvalue weighted by Crippen LogP contribution is 2.36. The van der Waals surface area contributed by atoms with Crippen molar-refractivity contribution in [1.82, 2.24) is 0 Å². The smallest absolute Gasteiger partial charge is 0.495 e. The van der Waals surface area contributed by atoms with Crippen LogP contribution in [0.2, 0.25) is 0 Å². The summed E-state index contributed by atoms with van der Waals surface area (Å²) in [7, 11) is -0.273. The van der Waals surface area contributed by atoms with Crippen LogP contribution in [0.4, 0.5) is 0 Å². The van der Waals surface area contributed by atoms with E-state index in [1.54, 1.807) is 6.26 Å². The summed E-state index contributed by atoms with van der Waals surface area (Å²) in [6, 6.07) is 0. The number of carbonyl (C=O) groups is 1. The number of nitrogens with two attached hydrogens (primary N) is 1. The maximum absolute atomic E-state index is 9.00. The molecule has 0 aliphatic carbocycles. The molecule has 3 N–H and O–H groups in total. The molecule has 3 rings (SSSR count). The number of aliphatic carboxylic acids is 1.